The van der Waals surface area contributed by atoms with Gasteiger partial charge in [0.25, 0.3) is 0 Å². The number of sulfonamides is 1. The first-order valence-electron chi connectivity index (χ1n) is 6.01. The molecular formula is C11H17N5O2S2. The highest BCUT2D eigenvalue weighted by Gasteiger charge is 2.22. The Morgan fingerprint density at radius 2 is 2.05 bits per heavy atom. The van der Waals surface area contributed by atoms with Crippen LogP contribution in [0.2, 0.25) is 0 Å². The van der Waals surface area contributed by atoms with Crippen LogP contribution >= 0.6 is 11.3 Å². The summed E-state index contributed by atoms with van der Waals surface area (Å²) in [5.74, 6) is 0.337. The van der Waals surface area contributed by atoms with Gasteiger partial charge in [-0.1, -0.05) is 20.8 Å². The van der Waals surface area contributed by atoms with E-state index in [-0.39, 0.29) is 12.0 Å². The average Bonchev–Trinajstić information content (AvgIpc) is 2.94. The number of hydrogen-bond acceptors (Lipinski definition) is 6. The van der Waals surface area contributed by atoms with E-state index in [1.807, 2.05) is 26.8 Å². The van der Waals surface area contributed by atoms with Gasteiger partial charge in [0.05, 0.1) is 13.6 Å². The number of aryl methyl sites for hydroxylation is 1. The summed E-state index contributed by atoms with van der Waals surface area (Å²) in [7, 11) is -1.91. The molecule has 0 aliphatic rings. The molecule has 0 atom stereocenters. The Balaban J connectivity index is 2.12. The van der Waals surface area contributed by atoms with Crippen molar-refractivity contribution in [1.82, 2.24) is 24.9 Å². The molecule has 2 heterocycles. The molecule has 2 aromatic heterocycles. The first-order chi connectivity index (χ1) is 9.18. The fourth-order valence-corrected chi connectivity index (χ4v) is 3.88. The van der Waals surface area contributed by atoms with Gasteiger partial charge in [0.2, 0.25) is 10.0 Å². The fraction of sp³-hybridized carbons (Fsp3) is 0.545. The molecule has 1 N–H and O–H groups in total. The van der Waals surface area contributed by atoms with Gasteiger partial charge in [-0.25, -0.2) is 13.1 Å². The molecule has 0 saturated heterocycles. The zero-order valence-corrected chi connectivity index (χ0v) is 13.4. The molecule has 0 aliphatic heterocycles. The molecule has 0 amide bonds. The highest BCUT2D eigenvalue weighted by atomic mass is 32.2. The quantitative estimate of drug-likeness (QED) is 0.910. The number of nitrogens with zero attached hydrogens (tertiary/aromatic N) is 4. The van der Waals surface area contributed by atoms with Gasteiger partial charge < -0.3 is 0 Å². The Morgan fingerprint density at radius 1 is 1.35 bits per heavy atom. The van der Waals surface area contributed by atoms with Crippen LogP contribution in [0, 0.1) is 0 Å². The molecular weight excluding hydrogens is 298 g/mol. The number of thiophene rings is 1. The van der Waals surface area contributed by atoms with Crippen molar-refractivity contribution >= 4 is 21.4 Å². The molecule has 20 heavy (non-hydrogen) atoms. The lowest BCUT2D eigenvalue weighted by Crippen LogP contribution is -2.23. The van der Waals surface area contributed by atoms with Crippen LogP contribution in [0.3, 0.4) is 0 Å². The average molecular weight is 315 g/mol. The molecule has 2 aromatic rings. The molecule has 7 nitrogen and oxygen atoms in total. The third kappa shape index (κ3) is 3.41. The predicted molar refractivity (Wildman–Crippen MR) is 75.8 cm³/mol. The minimum Gasteiger partial charge on any atom is -0.206 e. The van der Waals surface area contributed by atoms with E-state index in [4.69, 9.17) is 0 Å². The van der Waals surface area contributed by atoms with Gasteiger partial charge in [0.15, 0.2) is 5.82 Å². The summed E-state index contributed by atoms with van der Waals surface area (Å²) in [4.78, 5) is 2.31. The van der Waals surface area contributed by atoms with E-state index in [0.717, 1.165) is 4.88 Å². The van der Waals surface area contributed by atoms with Crippen molar-refractivity contribution in [2.75, 3.05) is 0 Å². The van der Waals surface area contributed by atoms with E-state index in [1.54, 1.807) is 13.1 Å². The molecule has 0 saturated carbocycles. The monoisotopic (exact) mass is 315 g/mol. The topological polar surface area (TPSA) is 89.8 Å². The van der Waals surface area contributed by atoms with Crippen molar-refractivity contribution in [2.24, 2.45) is 7.05 Å². The predicted octanol–water partition coefficient (Wildman–Crippen LogP) is 1.05. The van der Waals surface area contributed by atoms with Gasteiger partial charge in [-0.05, 0) is 22.8 Å². The number of aromatic nitrogens is 4. The van der Waals surface area contributed by atoms with Gasteiger partial charge >= 0.3 is 0 Å². The first-order valence-corrected chi connectivity index (χ1v) is 8.31. The summed E-state index contributed by atoms with van der Waals surface area (Å²) >= 11 is 1.27. The Labute approximate surface area is 122 Å². The third-order valence-corrected chi connectivity index (χ3v) is 5.96. The Hall–Kier alpha value is -1.32. The van der Waals surface area contributed by atoms with Crippen LogP contribution in [0.25, 0.3) is 0 Å². The molecule has 0 radical (unpaired) electrons. The maximum absolute atomic E-state index is 12.2. The van der Waals surface area contributed by atoms with E-state index in [0.29, 0.717) is 10.0 Å². The summed E-state index contributed by atoms with van der Waals surface area (Å²) in [5.41, 5.74) is -0.0646. The Kier molecular flexibility index (Phi) is 3.94. The van der Waals surface area contributed by atoms with Crippen LogP contribution in [0.15, 0.2) is 16.3 Å². The van der Waals surface area contributed by atoms with E-state index < -0.39 is 10.0 Å². The van der Waals surface area contributed by atoms with Crippen LogP contribution in [0.1, 0.15) is 31.5 Å². The second kappa shape index (κ2) is 5.23. The molecule has 2 rings (SSSR count). The van der Waals surface area contributed by atoms with Crippen LogP contribution in [-0.2, 0) is 29.0 Å². The van der Waals surface area contributed by atoms with Crippen LogP contribution < -0.4 is 4.72 Å². The summed E-state index contributed by atoms with van der Waals surface area (Å²) < 4.78 is 27.1. The second-order valence-electron chi connectivity index (χ2n) is 5.39. The van der Waals surface area contributed by atoms with Crippen molar-refractivity contribution in [3.8, 4) is 0 Å². The number of hydrogen-bond donors (Lipinski definition) is 1. The van der Waals surface area contributed by atoms with Crippen LogP contribution in [0.5, 0.6) is 0 Å². The molecule has 0 aromatic carbocycles. The number of rotatable bonds is 4. The molecule has 0 aliphatic carbocycles. The van der Waals surface area contributed by atoms with Gasteiger partial charge in [0.1, 0.15) is 4.21 Å². The molecule has 9 heteroatoms. The van der Waals surface area contributed by atoms with Gasteiger partial charge in [-0.15, -0.1) is 21.5 Å². The van der Waals surface area contributed by atoms with E-state index in [1.165, 1.54) is 16.1 Å². The third-order valence-electron chi connectivity index (χ3n) is 2.56. The largest absolute Gasteiger partial charge is 0.250 e. The zero-order chi connectivity index (χ0) is 15.0. The van der Waals surface area contributed by atoms with Crippen LogP contribution in [0.4, 0.5) is 0 Å². The Morgan fingerprint density at radius 3 is 2.55 bits per heavy atom. The van der Waals surface area contributed by atoms with Crippen molar-refractivity contribution in [1.29, 1.82) is 0 Å². The smallest absolute Gasteiger partial charge is 0.206 e. The minimum atomic E-state index is -3.54. The lowest BCUT2D eigenvalue weighted by atomic mass is 9.95. The molecule has 0 unspecified atom stereocenters. The maximum Gasteiger partial charge on any atom is 0.250 e. The first kappa shape index (κ1) is 15.1. The van der Waals surface area contributed by atoms with Crippen molar-refractivity contribution in [3.05, 3.63) is 22.8 Å². The molecule has 110 valence electrons. The fourth-order valence-electron chi connectivity index (χ4n) is 1.49. The SMILES string of the molecule is Cn1nnc(CNS(=O)(=O)c2ccc(C(C)(C)C)s2)n1. The van der Waals surface area contributed by atoms with E-state index in [9.17, 15) is 8.42 Å². The molecule has 0 fully saturated rings. The maximum atomic E-state index is 12.2. The number of tetrazole rings is 1. The van der Waals surface area contributed by atoms with Crippen LogP contribution in [-0.4, -0.2) is 28.6 Å². The van der Waals surface area contributed by atoms with Crippen molar-refractivity contribution < 1.29 is 8.42 Å². The standard InChI is InChI=1S/C11H17N5O2S2/c1-11(2,3)8-5-6-10(19-8)20(17,18)12-7-9-13-15-16(4)14-9/h5-6,12H,7H2,1-4H3. The highest BCUT2D eigenvalue weighted by Crippen LogP contribution is 2.31. The molecule has 0 spiro atoms. The van der Waals surface area contributed by atoms with E-state index >= 15 is 0 Å². The zero-order valence-electron chi connectivity index (χ0n) is 11.8. The minimum absolute atomic E-state index is 0.0267. The molecule has 0 bridgehead atoms. The Bertz CT molecular complexity index is 696. The summed E-state index contributed by atoms with van der Waals surface area (Å²) in [6.07, 6.45) is 0. The van der Waals surface area contributed by atoms with Gasteiger partial charge in [-0.2, -0.15) is 4.80 Å². The number of nitrogens with one attached hydrogen (secondary N) is 1. The van der Waals surface area contributed by atoms with Crippen molar-refractivity contribution in [2.45, 2.75) is 36.9 Å². The summed E-state index contributed by atoms with van der Waals surface area (Å²) in [6, 6.07) is 3.47. The van der Waals surface area contributed by atoms with E-state index in [2.05, 4.69) is 20.1 Å². The lowest BCUT2D eigenvalue weighted by molar-refractivity contribution is 0.580. The second-order valence-corrected chi connectivity index (χ2v) is 8.47. The van der Waals surface area contributed by atoms with Gasteiger partial charge in [-0.3, -0.25) is 0 Å². The van der Waals surface area contributed by atoms with Gasteiger partial charge in [0, 0.05) is 4.88 Å². The summed E-state index contributed by atoms with van der Waals surface area (Å²) in [5, 5.41) is 11.3. The van der Waals surface area contributed by atoms with Crippen molar-refractivity contribution in [3.63, 3.8) is 0 Å². The highest BCUT2D eigenvalue weighted by molar-refractivity contribution is 7.91. The normalized spacial score (nSPS) is 12.8. The summed E-state index contributed by atoms with van der Waals surface area (Å²) in [6.45, 7) is 6.17. The lowest BCUT2D eigenvalue weighted by Gasteiger charge is -2.15.